The number of halogens is 1. The fourth-order valence-corrected chi connectivity index (χ4v) is 6.05. The average Bonchev–Trinajstić information content (AvgIpc) is 3.06. The summed E-state index contributed by atoms with van der Waals surface area (Å²) in [5.74, 6) is 1.27. The first-order valence-corrected chi connectivity index (χ1v) is 17.2. The number of aryl methyl sites for hydroxylation is 2. The summed E-state index contributed by atoms with van der Waals surface area (Å²) in [6, 6.07) is 12.2. The van der Waals surface area contributed by atoms with E-state index in [9.17, 15) is 14.3 Å². The molecule has 0 saturated carbocycles. The third kappa shape index (κ3) is 11.3. The topological polar surface area (TPSA) is 75.6 Å². The molecule has 3 aromatic rings. The van der Waals surface area contributed by atoms with Crippen molar-refractivity contribution in [2.45, 2.75) is 104 Å². The zero-order valence-corrected chi connectivity index (χ0v) is 28.3. The summed E-state index contributed by atoms with van der Waals surface area (Å²) in [5, 5.41) is 12.5. The molecule has 1 heterocycles. The maximum absolute atomic E-state index is 14.3. The van der Waals surface area contributed by atoms with Crippen LogP contribution in [-0.4, -0.2) is 46.7 Å². The number of alkyl halides is 1. The van der Waals surface area contributed by atoms with E-state index < -0.39 is 6.17 Å². The maximum Gasteiger partial charge on any atom is 0.318 e. The van der Waals surface area contributed by atoms with Crippen molar-refractivity contribution >= 4 is 22.4 Å². The summed E-state index contributed by atoms with van der Waals surface area (Å²) in [5.41, 5.74) is 3.27. The second-order valence-electron chi connectivity index (χ2n) is 12.2. The summed E-state index contributed by atoms with van der Waals surface area (Å²) in [6.45, 7) is 15.5. The normalized spacial score (nSPS) is 12.5. The zero-order chi connectivity index (χ0) is 33.3. The number of hydrogen-bond donors (Lipinski definition) is 1. The molecule has 1 N–H and O–H groups in total. The maximum atomic E-state index is 14.3. The molecule has 0 aliphatic carbocycles. The van der Waals surface area contributed by atoms with E-state index in [4.69, 9.17) is 14.7 Å². The van der Waals surface area contributed by atoms with Crippen LogP contribution in [0.3, 0.4) is 0 Å². The molecule has 0 aliphatic rings. The highest BCUT2D eigenvalue weighted by atomic mass is 19.1. The molecule has 2 atom stereocenters. The number of rotatable bonds is 23. The van der Waals surface area contributed by atoms with Gasteiger partial charge in [-0.3, -0.25) is 4.79 Å². The summed E-state index contributed by atoms with van der Waals surface area (Å²) in [7, 11) is 0. The Balaban J connectivity index is 1.85. The minimum Gasteiger partial charge on any atom is -0.508 e. The number of ether oxygens (including phenoxy) is 1. The van der Waals surface area contributed by atoms with E-state index in [0.717, 1.165) is 92.5 Å². The van der Waals surface area contributed by atoms with Gasteiger partial charge in [0, 0.05) is 25.1 Å². The van der Waals surface area contributed by atoms with Gasteiger partial charge in [-0.15, -0.1) is 6.58 Å². The fourth-order valence-electron chi connectivity index (χ4n) is 6.05. The molecular weight excluding hydrogens is 577 g/mol. The number of unbranched alkanes of at least 4 members (excludes halogenated alkanes) is 2. The summed E-state index contributed by atoms with van der Waals surface area (Å²) in [4.78, 5) is 24.0. The molecule has 0 saturated heterocycles. The van der Waals surface area contributed by atoms with E-state index in [-0.39, 0.29) is 11.7 Å². The van der Waals surface area contributed by atoms with Crippen molar-refractivity contribution in [3.63, 3.8) is 0 Å². The molecule has 0 spiro atoms. The lowest BCUT2D eigenvalue weighted by Gasteiger charge is -2.27. The zero-order valence-electron chi connectivity index (χ0n) is 28.3. The molecule has 2 aromatic carbocycles. The van der Waals surface area contributed by atoms with Crippen LogP contribution in [0.4, 0.5) is 10.2 Å². The van der Waals surface area contributed by atoms with Crippen molar-refractivity contribution in [1.29, 1.82) is 0 Å². The average molecular weight is 632 g/mol. The molecule has 0 amide bonds. The first-order chi connectivity index (χ1) is 22.3. The van der Waals surface area contributed by atoms with Crippen LogP contribution in [-0.2, 0) is 24.1 Å². The fraction of sp³-hybridized carbons (Fsp3) is 0.513. The predicted octanol–water partition coefficient (Wildman–Crippen LogP) is 9.31. The van der Waals surface area contributed by atoms with Crippen molar-refractivity contribution in [2.75, 3.05) is 24.6 Å². The number of hydrogen-bond acceptors (Lipinski definition) is 6. The van der Waals surface area contributed by atoms with Gasteiger partial charge >= 0.3 is 6.01 Å². The molecule has 3 rings (SSSR count). The minimum atomic E-state index is -0.871. The monoisotopic (exact) mass is 631 g/mol. The van der Waals surface area contributed by atoms with Crippen LogP contribution in [0.15, 0.2) is 61.7 Å². The number of allylic oxidation sites excluding steroid dienone is 2. The number of carbonyl (C=O) groups is 1. The number of benzene rings is 2. The van der Waals surface area contributed by atoms with Gasteiger partial charge in [0.15, 0.2) is 5.78 Å². The van der Waals surface area contributed by atoms with E-state index in [1.54, 1.807) is 0 Å². The van der Waals surface area contributed by atoms with Gasteiger partial charge in [-0.05, 0) is 111 Å². The van der Waals surface area contributed by atoms with Gasteiger partial charge < -0.3 is 14.7 Å². The summed E-state index contributed by atoms with van der Waals surface area (Å²) in [6.07, 6.45) is 11.4. The smallest absolute Gasteiger partial charge is 0.318 e. The number of phenols is 1. The number of aromatic nitrogens is 2. The molecule has 0 fully saturated rings. The van der Waals surface area contributed by atoms with E-state index >= 15 is 0 Å². The summed E-state index contributed by atoms with van der Waals surface area (Å²) < 4.78 is 20.5. The van der Waals surface area contributed by atoms with Crippen LogP contribution >= 0.6 is 0 Å². The Kier molecular flexibility index (Phi) is 15.7. The van der Waals surface area contributed by atoms with Gasteiger partial charge in [-0.25, -0.2) is 4.39 Å². The molecule has 0 aliphatic heterocycles. The van der Waals surface area contributed by atoms with Crippen molar-refractivity contribution in [2.24, 2.45) is 5.92 Å². The van der Waals surface area contributed by atoms with Crippen LogP contribution < -0.4 is 9.64 Å². The van der Waals surface area contributed by atoms with Gasteiger partial charge in [0.2, 0.25) is 0 Å². The van der Waals surface area contributed by atoms with Crippen LogP contribution in [0.5, 0.6) is 11.8 Å². The lowest BCUT2D eigenvalue weighted by molar-refractivity contribution is -0.114. The van der Waals surface area contributed by atoms with Crippen molar-refractivity contribution in [1.82, 2.24) is 9.97 Å². The highest BCUT2D eigenvalue weighted by Crippen LogP contribution is 2.30. The standard InChI is InChI=1S/C39H54FN3O3/c1-6-17-29(25-32(40)8-3)28-46-39-41-37(10-5)36(38(42-39)43(23-7-2)24-16-15-20-33(44)9-4)22-14-12-19-31-27-34(45)26-30-18-11-13-21-35(30)31/h6,9,11,13,18,21,26-27,29,32,45H,1,4,7-8,10,12,14-17,19-20,22-25,28H2,2-3,5H3/t29-,32-/m0/s1. The van der Waals surface area contributed by atoms with Gasteiger partial charge in [-0.2, -0.15) is 9.97 Å². The first kappa shape index (κ1) is 36.7. The Morgan fingerprint density at radius 3 is 2.54 bits per heavy atom. The highest BCUT2D eigenvalue weighted by Gasteiger charge is 2.21. The molecule has 6 nitrogen and oxygen atoms in total. The highest BCUT2D eigenvalue weighted by molar-refractivity contribution is 5.89. The number of nitrogens with zero attached hydrogens (tertiary/aromatic N) is 3. The lowest BCUT2D eigenvalue weighted by Crippen LogP contribution is -2.29. The van der Waals surface area contributed by atoms with Crippen LogP contribution in [0.2, 0.25) is 0 Å². The number of ketones is 1. The molecule has 1 aromatic heterocycles. The second-order valence-corrected chi connectivity index (χ2v) is 12.2. The quantitative estimate of drug-likeness (QED) is 0.0639. The Labute approximate surface area is 275 Å². The Hall–Kier alpha value is -3.74. The number of anilines is 1. The van der Waals surface area contributed by atoms with Gasteiger partial charge in [-0.1, -0.05) is 57.7 Å². The molecule has 0 radical (unpaired) electrons. The van der Waals surface area contributed by atoms with Crippen molar-refractivity contribution in [3.05, 3.63) is 78.5 Å². The van der Waals surface area contributed by atoms with E-state index in [0.29, 0.717) is 44.1 Å². The molecule has 46 heavy (non-hydrogen) atoms. The minimum absolute atomic E-state index is 0.00639. The molecule has 7 heteroatoms. The Morgan fingerprint density at radius 2 is 1.83 bits per heavy atom. The van der Waals surface area contributed by atoms with E-state index in [1.807, 2.05) is 43.3 Å². The van der Waals surface area contributed by atoms with Crippen molar-refractivity contribution < 1.29 is 19.0 Å². The number of fused-ring (bicyclic) bond motifs is 1. The largest absolute Gasteiger partial charge is 0.508 e. The van der Waals surface area contributed by atoms with Gasteiger partial charge in [0.25, 0.3) is 0 Å². The first-order valence-electron chi connectivity index (χ1n) is 17.2. The SMILES string of the molecule is C=CC[C@H](COc1nc(CC)c(CCCCc2cc(O)cc3ccccc23)c(N(CCC)CCCCC(=O)C=C)n1)C[C@@H](F)CC. The Bertz CT molecular complexity index is 1410. The molecule has 250 valence electrons. The van der Waals surface area contributed by atoms with Crippen LogP contribution in [0.25, 0.3) is 10.8 Å². The third-order valence-electron chi connectivity index (χ3n) is 8.54. The summed E-state index contributed by atoms with van der Waals surface area (Å²) >= 11 is 0. The molecular formula is C39H54FN3O3. The Morgan fingerprint density at radius 1 is 1.04 bits per heavy atom. The number of phenolic OH excluding ortho intramolecular Hbond substituents is 1. The molecule has 0 unspecified atom stereocenters. The molecule has 0 bridgehead atoms. The van der Waals surface area contributed by atoms with Crippen LogP contribution in [0, 0.1) is 5.92 Å². The van der Waals surface area contributed by atoms with Crippen molar-refractivity contribution in [3.8, 4) is 11.8 Å². The van der Waals surface area contributed by atoms with E-state index in [2.05, 4.69) is 38.0 Å². The third-order valence-corrected chi connectivity index (χ3v) is 8.54. The lowest BCUT2D eigenvalue weighted by atomic mass is 9.97. The predicted molar refractivity (Wildman–Crippen MR) is 189 cm³/mol. The van der Waals surface area contributed by atoms with Crippen LogP contribution in [0.1, 0.15) is 95.4 Å². The second kappa shape index (κ2) is 19.7. The number of aromatic hydroxyl groups is 1. The van der Waals surface area contributed by atoms with Gasteiger partial charge in [0.05, 0.1) is 12.3 Å². The number of carbonyl (C=O) groups excluding carboxylic acids is 1. The van der Waals surface area contributed by atoms with Gasteiger partial charge in [0.1, 0.15) is 17.7 Å². The van der Waals surface area contributed by atoms with E-state index in [1.165, 1.54) is 11.5 Å².